The molecule has 0 radical (unpaired) electrons. The molecule has 4 N–H and O–H groups in total. The van der Waals surface area contributed by atoms with E-state index in [9.17, 15) is 20.4 Å². The molecule has 0 unspecified atom stereocenters. The van der Waals surface area contributed by atoms with E-state index >= 15 is 0 Å². The normalized spacial score (nSPS) is 46.8. The quantitative estimate of drug-likeness (QED) is 0.404. The van der Waals surface area contributed by atoms with E-state index in [-0.39, 0.29) is 47.6 Å². The maximum absolute atomic E-state index is 11.6. The molecule has 4 rings (SSSR count). The van der Waals surface area contributed by atoms with E-state index in [1.54, 1.807) is 0 Å². The third kappa shape index (κ3) is 4.36. The Hall–Kier alpha value is -0.420. The maximum atomic E-state index is 11.6. The van der Waals surface area contributed by atoms with Gasteiger partial charge in [-0.25, -0.2) is 0 Å². The maximum Gasteiger partial charge on any atom is 0.0585 e. The van der Waals surface area contributed by atoms with Crippen LogP contribution in [0.1, 0.15) is 92.4 Å². The SMILES string of the molecule is CC(C)[C@@H](CCO)CC[C@@H](C)[C@H]1C[C@@H](O)[C@H]2[C@@H]3CC=C4C[C@@H](O)CC[C@]4(C)[C@H]3[C@H](O)C[C@@]21C. The average molecular weight is 463 g/mol. The topological polar surface area (TPSA) is 80.9 Å². The summed E-state index contributed by atoms with van der Waals surface area (Å²) in [6.07, 6.45) is 9.75. The van der Waals surface area contributed by atoms with Crippen molar-refractivity contribution in [2.75, 3.05) is 6.61 Å². The van der Waals surface area contributed by atoms with Crippen LogP contribution in [0.3, 0.4) is 0 Å². The number of hydrogen-bond acceptors (Lipinski definition) is 4. The van der Waals surface area contributed by atoms with E-state index in [4.69, 9.17) is 0 Å². The zero-order chi connectivity index (χ0) is 24.1. The lowest BCUT2D eigenvalue weighted by atomic mass is 9.46. The van der Waals surface area contributed by atoms with Gasteiger partial charge in [0, 0.05) is 6.61 Å². The Morgan fingerprint density at radius 2 is 1.73 bits per heavy atom. The summed E-state index contributed by atoms with van der Waals surface area (Å²) in [5, 5.41) is 42.8. The van der Waals surface area contributed by atoms with Gasteiger partial charge in [0.1, 0.15) is 0 Å². The lowest BCUT2D eigenvalue weighted by Gasteiger charge is -2.60. The number of aliphatic hydroxyl groups is 4. The number of aliphatic hydroxyl groups excluding tert-OH is 4. The number of hydrogen-bond donors (Lipinski definition) is 4. The molecule has 0 aromatic rings. The zero-order valence-corrected chi connectivity index (χ0v) is 21.7. The molecule has 0 aromatic carbocycles. The third-order valence-corrected chi connectivity index (χ3v) is 11.2. The molecule has 3 fully saturated rings. The van der Waals surface area contributed by atoms with Crippen LogP contribution in [0.25, 0.3) is 0 Å². The molecule has 0 spiro atoms. The number of fused-ring (bicyclic) bond motifs is 5. The van der Waals surface area contributed by atoms with Crippen LogP contribution in [0.5, 0.6) is 0 Å². The molecule has 0 amide bonds. The highest BCUT2D eigenvalue weighted by molar-refractivity contribution is 5.27. The predicted molar refractivity (Wildman–Crippen MR) is 132 cm³/mol. The Kier molecular flexibility index (Phi) is 7.44. The van der Waals surface area contributed by atoms with Crippen molar-refractivity contribution in [2.45, 2.75) is 111 Å². The minimum Gasteiger partial charge on any atom is -0.396 e. The van der Waals surface area contributed by atoms with Crippen LogP contribution in [-0.4, -0.2) is 45.3 Å². The molecule has 0 aliphatic heterocycles. The first-order valence-corrected chi connectivity index (χ1v) is 13.9. The van der Waals surface area contributed by atoms with E-state index in [1.165, 1.54) is 5.57 Å². The zero-order valence-electron chi connectivity index (χ0n) is 21.7. The van der Waals surface area contributed by atoms with E-state index in [2.05, 4.69) is 40.7 Å². The Bertz CT molecular complexity index is 718. The highest BCUT2D eigenvalue weighted by Gasteiger charge is 2.64. The van der Waals surface area contributed by atoms with Crippen LogP contribution in [0.4, 0.5) is 0 Å². The van der Waals surface area contributed by atoms with Gasteiger partial charge in [-0.3, -0.25) is 0 Å². The summed E-state index contributed by atoms with van der Waals surface area (Å²) in [4.78, 5) is 0. The fraction of sp³-hybridized carbons (Fsp3) is 0.931. The largest absolute Gasteiger partial charge is 0.396 e. The lowest BCUT2D eigenvalue weighted by Crippen LogP contribution is -2.58. The van der Waals surface area contributed by atoms with Crippen molar-refractivity contribution >= 4 is 0 Å². The van der Waals surface area contributed by atoms with Gasteiger partial charge in [-0.1, -0.05) is 52.7 Å². The first-order valence-electron chi connectivity index (χ1n) is 13.9. The van der Waals surface area contributed by atoms with Crippen LogP contribution >= 0.6 is 0 Å². The predicted octanol–water partition coefficient (Wildman–Crippen LogP) is 4.94. The second-order valence-corrected chi connectivity index (χ2v) is 13.3. The molecule has 4 aliphatic carbocycles. The van der Waals surface area contributed by atoms with Crippen molar-refractivity contribution in [3.63, 3.8) is 0 Å². The fourth-order valence-corrected chi connectivity index (χ4v) is 9.43. The third-order valence-electron chi connectivity index (χ3n) is 11.2. The van der Waals surface area contributed by atoms with Crippen molar-refractivity contribution in [1.29, 1.82) is 0 Å². The highest BCUT2D eigenvalue weighted by Crippen LogP contribution is 2.67. The van der Waals surface area contributed by atoms with E-state index in [0.717, 1.165) is 57.8 Å². The summed E-state index contributed by atoms with van der Waals surface area (Å²) in [5.41, 5.74) is 1.28. The Morgan fingerprint density at radius 3 is 2.39 bits per heavy atom. The monoisotopic (exact) mass is 462 g/mol. The molecule has 0 heterocycles. The number of rotatable bonds is 7. The smallest absolute Gasteiger partial charge is 0.0585 e. The Morgan fingerprint density at radius 1 is 1.00 bits per heavy atom. The van der Waals surface area contributed by atoms with Crippen molar-refractivity contribution in [2.24, 2.45) is 52.3 Å². The van der Waals surface area contributed by atoms with Crippen LogP contribution < -0.4 is 0 Å². The molecule has 33 heavy (non-hydrogen) atoms. The minimum atomic E-state index is -0.335. The van der Waals surface area contributed by atoms with Gasteiger partial charge in [0.25, 0.3) is 0 Å². The van der Waals surface area contributed by atoms with Gasteiger partial charge in [0.15, 0.2) is 0 Å². The molecule has 190 valence electrons. The van der Waals surface area contributed by atoms with Gasteiger partial charge < -0.3 is 20.4 Å². The molecule has 4 aliphatic rings. The summed E-state index contributed by atoms with van der Waals surface area (Å²) in [6, 6.07) is 0. The first-order chi connectivity index (χ1) is 15.5. The van der Waals surface area contributed by atoms with Crippen LogP contribution in [0, 0.1) is 52.3 Å². The summed E-state index contributed by atoms with van der Waals surface area (Å²) in [6.45, 7) is 11.8. The molecule has 4 nitrogen and oxygen atoms in total. The van der Waals surface area contributed by atoms with Gasteiger partial charge in [0.05, 0.1) is 18.3 Å². The van der Waals surface area contributed by atoms with Crippen molar-refractivity contribution in [1.82, 2.24) is 0 Å². The second-order valence-electron chi connectivity index (χ2n) is 13.3. The molecular weight excluding hydrogens is 412 g/mol. The molecule has 11 atom stereocenters. The summed E-state index contributed by atoms with van der Waals surface area (Å²) < 4.78 is 0. The summed E-state index contributed by atoms with van der Waals surface area (Å²) >= 11 is 0. The minimum absolute atomic E-state index is 0.0282. The van der Waals surface area contributed by atoms with Crippen molar-refractivity contribution in [3.05, 3.63) is 11.6 Å². The van der Waals surface area contributed by atoms with Crippen LogP contribution in [-0.2, 0) is 0 Å². The molecule has 4 heteroatoms. The Balaban J connectivity index is 1.55. The van der Waals surface area contributed by atoms with Gasteiger partial charge in [-0.2, -0.15) is 0 Å². The van der Waals surface area contributed by atoms with E-state index in [0.29, 0.717) is 29.6 Å². The van der Waals surface area contributed by atoms with Crippen molar-refractivity contribution < 1.29 is 20.4 Å². The average Bonchev–Trinajstić information content (AvgIpc) is 3.01. The second kappa shape index (κ2) is 9.56. The van der Waals surface area contributed by atoms with Crippen LogP contribution in [0.15, 0.2) is 11.6 Å². The molecule has 0 saturated heterocycles. The van der Waals surface area contributed by atoms with Gasteiger partial charge in [-0.05, 0) is 104 Å². The number of allylic oxidation sites excluding steroid dienone is 1. The summed E-state index contributed by atoms with van der Waals surface area (Å²) in [7, 11) is 0. The first kappa shape index (κ1) is 25.7. The van der Waals surface area contributed by atoms with E-state index < -0.39 is 0 Å². The van der Waals surface area contributed by atoms with E-state index in [1.807, 2.05) is 0 Å². The van der Waals surface area contributed by atoms with Crippen molar-refractivity contribution in [3.8, 4) is 0 Å². The standard InChI is InChI=1S/C29H50O4/c1-17(2)19(11-13-30)7-6-18(3)23-15-24(32)26-22-9-8-20-14-21(31)10-12-28(20,4)27(22)25(33)16-29(23,26)5/h8,17-19,21-27,30-33H,6-7,9-16H2,1-5H3/t18-,19-,21+,22+,23-,24-,25-,26-,27-,28+,29-/m1/s1. The van der Waals surface area contributed by atoms with Gasteiger partial charge in [-0.15, -0.1) is 0 Å². The van der Waals surface area contributed by atoms with Crippen LogP contribution in [0.2, 0.25) is 0 Å². The lowest BCUT2D eigenvalue weighted by molar-refractivity contribution is -0.143. The molecule has 3 saturated carbocycles. The molecular formula is C29H50O4. The van der Waals surface area contributed by atoms with Gasteiger partial charge in [0.2, 0.25) is 0 Å². The Labute approximate surface area is 201 Å². The summed E-state index contributed by atoms with van der Waals surface area (Å²) in [5.74, 6) is 2.84. The highest BCUT2D eigenvalue weighted by atomic mass is 16.3. The fourth-order valence-electron chi connectivity index (χ4n) is 9.43. The molecule has 0 aromatic heterocycles. The van der Waals surface area contributed by atoms with Gasteiger partial charge >= 0.3 is 0 Å². The molecule has 0 bridgehead atoms.